The summed E-state index contributed by atoms with van der Waals surface area (Å²) in [6, 6.07) is 3.87. The van der Waals surface area contributed by atoms with Crippen molar-refractivity contribution in [1.82, 2.24) is 9.88 Å². The molecule has 0 aliphatic heterocycles. The van der Waals surface area contributed by atoms with Crippen LogP contribution in [0.3, 0.4) is 0 Å². The van der Waals surface area contributed by atoms with Gasteiger partial charge in [-0.05, 0) is 25.6 Å². The molecule has 0 spiro atoms. The third-order valence-corrected chi connectivity index (χ3v) is 2.46. The molecule has 0 amide bonds. The zero-order valence-electron chi connectivity index (χ0n) is 8.44. The number of aliphatic hydroxyl groups is 1. The maximum Gasteiger partial charge on any atom is 0.129 e. The number of hydrogen-bond donors (Lipinski definition) is 1. The monoisotopic (exact) mass is 214 g/mol. The van der Waals surface area contributed by atoms with E-state index in [2.05, 4.69) is 9.88 Å². The molecular weight excluding hydrogens is 200 g/mol. The van der Waals surface area contributed by atoms with Gasteiger partial charge in [0, 0.05) is 18.8 Å². The fourth-order valence-corrected chi connectivity index (χ4v) is 1.19. The molecule has 1 aromatic rings. The molecule has 1 aromatic heterocycles. The Morgan fingerprint density at radius 1 is 1.57 bits per heavy atom. The van der Waals surface area contributed by atoms with Crippen LogP contribution in [0, 0.1) is 0 Å². The first-order valence-corrected chi connectivity index (χ1v) is 4.93. The highest BCUT2D eigenvalue weighted by atomic mass is 35.5. The average Bonchev–Trinajstić information content (AvgIpc) is 2.20. The van der Waals surface area contributed by atoms with Crippen LogP contribution in [0.25, 0.3) is 0 Å². The van der Waals surface area contributed by atoms with Crippen LogP contribution in [0.15, 0.2) is 18.3 Å². The van der Waals surface area contributed by atoms with E-state index in [1.54, 1.807) is 12.3 Å². The lowest BCUT2D eigenvalue weighted by Crippen LogP contribution is -2.31. The molecule has 0 bridgehead atoms. The van der Waals surface area contributed by atoms with Gasteiger partial charge in [-0.3, -0.25) is 4.90 Å². The van der Waals surface area contributed by atoms with Crippen LogP contribution < -0.4 is 0 Å². The molecule has 1 heterocycles. The van der Waals surface area contributed by atoms with Crippen LogP contribution in [0.5, 0.6) is 0 Å². The number of aliphatic hydroxyl groups excluding tert-OH is 1. The standard InChI is InChI=1S/C10H15ClN2O/c1-8(7-14)13(2)6-9-3-4-10(11)12-5-9/h3-5,8,14H,6-7H2,1-2H3. The van der Waals surface area contributed by atoms with E-state index < -0.39 is 0 Å². The Morgan fingerprint density at radius 3 is 2.79 bits per heavy atom. The molecule has 14 heavy (non-hydrogen) atoms. The maximum atomic E-state index is 8.95. The van der Waals surface area contributed by atoms with Crippen molar-refractivity contribution in [2.75, 3.05) is 13.7 Å². The molecule has 1 atom stereocenters. The number of halogens is 1. The number of aromatic nitrogens is 1. The van der Waals surface area contributed by atoms with Crippen molar-refractivity contribution < 1.29 is 5.11 Å². The van der Waals surface area contributed by atoms with Crippen molar-refractivity contribution in [2.24, 2.45) is 0 Å². The predicted molar refractivity (Wildman–Crippen MR) is 57.3 cm³/mol. The highest BCUT2D eigenvalue weighted by Crippen LogP contribution is 2.08. The number of likely N-dealkylation sites (N-methyl/N-ethyl adjacent to an activating group) is 1. The molecule has 3 nitrogen and oxygen atoms in total. The second-order valence-electron chi connectivity index (χ2n) is 3.44. The first kappa shape index (κ1) is 11.4. The molecule has 78 valence electrons. The van der Waals surface area contributed by atoms with Crippen molar-refractivity contribution in [3.05, 3.63) is 29.0 Å². The van der Waals surface area contributed by atoms with Crippen LogP contribution in [-0.2, 0) is 6.54 Å². The Balaban J connectivity index is 2.56. The summed E-state index contributed by atoms with van der Waals surface area (Å²) in [5, 5.41) is 9.46. The Bertz CT molecular complexity index is 276. The Hall–Kier alpha value is -0.640. The molecule has 0 radical (unpaired) electrons. The lowest BCUT2D eigenvalue weighted by atomic mass is 10.2. The summed E-state index contributed by atoms with van der Waals surface area (Å²) in [5.41, 5.74) is 1.09. The molecule has 1 rings (SSSR count). The van der Waals surface area contributed by atoms with E-state index in [-0.39, 0.29) is 12.6 Å². The molecule has 1 unspecified atom stereocenters. The van der Waals surface area contributed by atoms with Crippen LogP contribution >= 0.6 is 11.6 Å². The maximum absolute atomic E-state index is 8.95. The molecule has 0 saturated heterocycles. The minimum Gasteiger partial charge on any atom is -0.395 e. The van der Waals surface area contributed by atoms with Crippen molar-refractivity contribution in [3.8, 4) is 0 Å². The summed E-state index contributed by atoms with van der Waals surface area (Å²) in [6.45, 7) is 2.91. The van der Waals surface area contributed by atoms with Crippen molar-refractivity contribution in [3.63, 3.8) is 0 Å². The quantitative estimate of drug-likeness (QED) is 0.773. The van der Waals surface area contributed by atoms with Crippen molar-refractivity contribution in [2.45, 2.75) is 19.5 Å². The molecule has 0 aromatic carbocycles. The molecule has 0 aliphatic carbocycles. The highest BCUT2D eigenvalue weighted by molar-refractivity contribution is 6.29. The van der Waals surface area contributed by atoms with Crippen LogP contribution in [0.2, 0.25) is 5.15 Å². The first-order chi connectivity index (χ1) is 6.63. The average molecular weight is 215 g/mol. The van der Waals surface area contributed by atoms with Gasteiger partial charge in [0.1, 0.15) is 5.15 Å². The summed E-state index contributed by atoms with van der Waals surface area (Å²) in [6.07, 6.45) is 1.75. The molecule has 0 aliphatic rings. The minimum absolute atomic E-state index is 0.158. The molecule has 0 saturated carbocycles. The molecule has 0 fully saturated rings. The predicted octanol–water partition coefficient (Wildman–Crippen LogP) is 1.55. The summed E-state index contributed by atoms with van der Waals surface area (Å²) in [5.74, 6) is 0. The fourth-order valence-electron chi connectivity index (χ4n) is 1.08. The Labute approximate surface area is 89.3 Å². The van der Waals surface area contributed by atoms with Gasteiger partial charge in [-0.2, -0.15) is 0 Å². The van der Waals surface area contributed by atoms with Crippen LogP contribution in [0.1, 0.15) is 12.5 Å². The zero-order valence-corrected chi connectivity index (χ0v) is 9.20. The number of pyridine rings is 1. The van der Waals surface area contributed by atoms with E-state index >= 15 is 0 Å². The van der Waals surface area contributed by atoms with Gasteiger partial charge in [0.25, 0.3) is 0 Å². The third kappa shape index (κ3) is 3.25. The van der Waals surface area contributed by atoms with E-state index in [9.17, 15) is 0 Å². The summed E-state index contributed by atoms with van der Waals surface area (Å²) < 4.78 is 0. The van der Waals surface area contributed by atoms with Crippen molar-refractivity contribution >= 4 is 11.6 Å². The second-order valence-corrected chi connectivity index (χ2v) is 3.82. The van der Waals surface area contributed by atoms with Gasteiger partial charge in [-0.25, -0.2) is 4.98 Å². The third-order valence-electron chi connectivity index (χ3n) is 2.24. The van der Waals surface area contributed by atoms with E-state index in [1.807, 2.05) is 20.0 Å². The zero-order chi connectivity index (χ0) is 10.6. The Morgan fingerprint density at radius 2 is 2.29 bits per heavy atom. The molecular formula is C10H15ClN2O. The van der Waals surface area contributed by atoms with Gasteiger partial charge in [-0.1, -0.05) is 17.7 Å². The van der Waals surface area contributed by atoms with Gasteiger partial charge in [-0.15, -0.1) is 0 Å². The van der Waals surface area contributed by atoms with Crippen LogP contribution in [-0.4, -0.2) is 34.7 Å². The van der Waals surface area contributed by atoms with Gasteiger partial charge < -0.3 is 5.11 Å². The van der Waals surface area contributed by atoms with Gasteiger partial charge in [0.2, 0.25) is 0 Å². The second kappa shape index (κ2) is 5.29. The van der Waals surface area contributed by atoms with Gasteiger partial charge >= 0.3 is 0 Å². The van der Waals surface area contributed by atoms with Gasteiger partial charge in [0.05, 0.1) is 6.61 Å². The first-order valence-electron chi connectivity index (χ1n) is 4.55. The van der Waals surface area contributed by atoms with E-state index in [1.165, 1.54) is 0 Å². The number of rotatable bonds is 4. The van der Waals surface area contributed by atoms with Crippen LogP contribution in [0.4, 0.5) is 0 Å². The van der Waals surface area contributed by atoms with E-state index in [0.29, 0.717) is 5.15 Å². The SMILES string of the molecule is CC(CO)N(C)Cc1ccc(Cl)nc1. The Kier molecular flexibility index (Phi) is 4.32. The van der Waals surface area contributed by atoms with Crippen molar-refractivity contribution in [1.29, 1.82) is 0 Å². The highest BCUT2D eigenvalue weighted by Gasteiger charge is 2.07. The summed E-state index contributed by atoms with van der Waals surface area (Å²) >= 11 is 5.67. The summed E-state index contributed by atoms with van der Waals surface area (Å²) in [4.78, 5) is 6.05. The lowest BCUT2D eigenvalue weighted by molar-refractivity contribution is 0.154. The lowest BCUT2D eigenvalue weighted by Gasteiger charge is -2.22. The number of nitrogens with zero attached hydrogens (tertiary/aromatic N) is 2. The summed E-state index contributed by atoms with van der Waals surface area (Å²) in [7, 11) is 1.97. The molecule has 1 N–H and O–H groups in total. The van der Waals surface area contributed by atoms with Gasteiger partial charge in [0.15, 0.2) is 0 Å². The normalized spacial score (nSPS) is 13.2. The smallest absolute Gasteiger partial charge is 0.129 e. The topological polar surface area (TPSA) is 36.4 Å². The molecule has 4 heteroatoms. The van der Waals surface area contributed by atoms with E-state index in [0.717, 1.165) is 12.1 Å². The minimum atomic E-state index is 0.158. The van der Waals surface area contributed by atoms with E-state index in [4.69, 9.17) is 16.7 Å². The largest absolute Gasteiger partial charge is 0.395 e. The number of hydrogen-bond acceptors (Lipinski definition) is 3. The fraction of sp³-hybridized carbons (Fsp3) is 0.500.